The molecule has 0 aliphatic rings. The first-order chi connectivity index (χ1) is 8.35. The number of hydrogen-bond acceptors (Lipinski definition) is 3. The highest BCUT2D eigenvalue weighted by Crippen LogP contribution is 1.99. The van der Waals surface area contributed by atoms with Crippen LogP contribution < -0.4 is 0 Å². The Labute approximate surface area is 109 Å². The number of hydrogen-bond donors (Lipinski definition) is 0. The molecule has 4 heteroatoms. The smallest absolute Gasteiger partial charge is 0.135 e. The van der Waals surface area contributed by atoms with Crippen LogP contribution in [0.4, 0.5) is 0 Å². The van der Waals surface area contributed by atoms with E-state index in [0.29, 0.717) is 0 Å². The Morgan fingerprint density at radius 1 is 1.06 bits per heavy atom. The van der Waals surface area contributed by atoms with Crippen LogP contribution in [-0.2, 0) is 9.47 Å². The molecule has 0 aliphatic heterocycles. The fraction of sp³-hybridized carbons (Fsp3) is 0.923. The van der Waals surface area contributed by atoms with E-state index in [1.807, 2.05) is 13.8 Å². The van der Waals surface area contributed by atoms with Gasteiger partial charge in [-0.05, 0) is 32.5 Å². The topological polar surface area (TPSA) is 30.8 Å². The first-order valence-electron chi connectivity index (χ1n) is 7.06. The van der Waals surface area contributed by atoms with Crippen molar-refractivity contribution in [3.8, 4) is 0 Å². The van der Waals surface area contributed by atoms with Crippen molar-refractivity contribution in [2.24, 2.45) is 4.99 Å². The third kappa shape index (κ3) is 12.1. The standard InChI is InChI=1S/C13H29NO2Si/c1-4-7-8-9-10-14-11-12-17-13(15-5-2)16-6-3/h11,13H,4-10,12,17H2,1-3H3. The largest absolute Gasteiger partial charge is 0.357 e. The Bertz CT molecular complexity index is 171. The second-order valence-electron chi connectivity index (χ2n) is 4.07. The van der Waals surface area contributed by atoms with E-state index in [0.717, 1.165) is 25.8 Å². The molecule has 0 atom stereocenters. The van der Waals surface area contributed by atoms with Crippen molar-refractivity contribution in [2.75, 3.05) is 19.8 Å². The number of rotatable bonds is 12. The average molecular weight is 259 g/mol. The summed E-state index contributed by atoms with van der Waals surface area (Å²) in [6.45, 7) is 8.74. The van der Waals surface area contributed by atoms with Gasteiger partial charge in [0.1, 0.15) is 5.91 Å². The Balaban J connectivity index is 3.41. The predicted octanol–water partition coefficient (Wildman–Crippen LogP) is 2.58. The van der Waals surface area contributed by atoms with Gasteiger partial charge in [-0.1, -0.05) is 26.2 Å². The third-order valence-electron chi connectivity index (χ3n) is 2.51. The van der Waals surface area contributed by atoms with E-state index in [4.69, 9.17) is 9.47 Å². The summed E-state index contributed by atoms with van der Waals surface area (Å²) in [4.78, 5) is 4.43. The molecule has 0 fully saturated rings. The van der Waals surface area contributed by atoms with Crippen LogP contribution in [0.3, 0.4) is 0 Å². The fourth-order valence-corrected chi connectivity index (χ4v) is 3.02. The highest BCUT2D eigenvalue weighted by atomic mass is 28.2. The fourth-order valence-electron chi connectivity index (χ4n) is 1.61. The molecule has 0 bridgehead atoms. The van der Waals surface area contributed by atoms with E-state index in [2.05, 4.69) is 18.1 Å². The predicted molar refractivity (Wildman–Crippen MR) is 77.9 cm³/mol. The van der Waals surface area contributed by atoms with Crippen LogP contribution in [0.2, 0.25) is 6.04 Å². The summed E-state index contributed by atoms with van der Waals surface area (Å²) < 4.78 is 11.0. The van der Waals surface area contributed by atoms with Gasteiger partial charge >= 0.3 is 0 Å². The molecular formula is C13H29NO2Si. The van der Waals surface area contributed by atoms with Gasteiger partial charge in [0.05, 0.1) is 9.52 Å². The Morgan fingerprint density at radius 2 is 1.76 bits per heavy atom. The summed E-state index contributed by atoms with van der Waals surface area (Å²) in [5.41, 5.74) is 0. The molecule has 0 aromatic rings. The van der Waals surface area contributed by atoms with Crippen LogP contribution in [0.1, 0.15) is 46.5 Å². The first-order valence-corrected chi connectivity index (χ1v) is 8.88. The molecule has 0 amide bonds. The SMILES string of the molecule is CCCCCCN=CC[SiH2]C(OCC)OCC. The highest BCUT2D eigenvalue weighted by Gasteiger charge is 2.06. The number of ether oxygens (including phenoxy) is 2. The zero-order chi connectivity index (χ0) is 12.8. The summed E-state index contributed by atoms with van der Waals surface area (Å²) in [7, 11) is -0.334. The van der Waals surface area contributed by atoms with Crippen molar-refractivity contribution in [3.05, 3.63) is 0 Å². The van der Waals surface area contributed by atoms with Crippen LogP contribution in [-0.4, -0.2) is 41.4 Å². The first kappa shape index (κ1) is 16.8. The maximum atomic E-state index is 5.52. The van der Waals surface area contributed by atoms with Gasteiger partial charge in [0.15, 0.2) is 0 Å². The minimum Gasteiger partial charge on any atom is -0.357 e. The van der Waals surface area contributed by atoms with E-state index in [-0.39, 0.29) is 15.4 Å². The molecule has 0 N–H and O–H groups in total. The second-order valence-corrected chi connectivity index (χ2v) is 5.89. The number of nitrogens with zero attached hydrogens (tertiary/aromatic N) is 1. The normalized spacial score (nSPS) is 12.5. The molecular weight excluding hydrogens is 230 g/mol. The number of unbranched alkanes of at least 4 members (excludes halogenated alkanes) is 3. The van der Waals surface area contributed by atoms with E-state index < -0.39 is 0 Å². The van der Waals surface area contributed by atoms with Crippen molar-refractivity contribution in [2.45, 2.75) is 58.4 Å². The minimum atomic E-state index is -0.334. The monoisotopic (exact) mass is 259 g/mol. The van der Waals surface area contributed by atoms with Gasteiger partial charge in [0, 0.05) is 19.8 Å². The lowest BCUT2D eigenvalue weighted by Crippen LogP contribution is -2.24. The van der Waals surface area contributed by atoms with Crippen LogP contribution in [0.15, 0.2) is 4.99 Å². The zero-order valence-corrected chi connectivity index (χ0v) is 13.2. The zero-order valence-electron chi connectivity index (χ0n) is 11.8. The van der Waals surface area contributed by atoms with E-state index in [1.165, 1.54) is 25.7 Å². The Morgan fingerprint density at radius 3 is 2.35 bits per heavy atom. The lowest BCUT2D eigenvalue weighted by Gasteiger charge is -2.15. The van der Waals surface area contributed by atoms with E-state index >= 15 is 0 Å². The molecule has 17 heavy (non-hydrogen) atoms. The molecule has 0 saturated carbocycles. The average Bonchev–Trinajstić information content (AvgIpc) is 2.33. The summed E-state index contributed by atoms with van der Waals surface area (Å²) in [5.74, 6) is 0.0801. The van der Waals surface area contributed by atoms with Gasteiger partial charge in [0.2, 0.25) is 0 Å². The summed E-state index contributed by atoms with van der Waals surface area (Å²) in [6.07, 6.45) is 7.24. The summed E-state index contributed by atoms with van der Waals surface area (Å²) in [5, 5.41) is 0. The van der Waals surface area contributed by atoms with Gasteiger partial charge in [-0.25, -0.2) is 0 Å². The number of aliphatic imine (C=N–C) groups is 1. The molecule has 0 aromatic heterocycles. The molecule has 0 spiro atoms. The Kier molecular flexibility index (Phi) is 13.7. The van der Waals surface area contributed by atoms with Gasteiger partial charge in [-0.2, -0.15) is 0 Å². The molecule has 0 saturated heterocycles. The molecule has 0 rings (SSSR count). The van der Waals surface area contributed by atoms with Gasteiger partial charge in [-0.15, -0.1) is 0 Å². The van der Waals surface area contributed by atoms with E-state index in [1.54, 1.807) is 0 Å². The van der Waals surface area contributed by atoms with Crippen molar-refractivity contribution in [3.63, 3.8) is 0 Å². The molecule has 0 aromatic carbocycles. The molecule has 0 radical (unpaired) electrons. The van der Waals surface area contributed by atoms with Crippen LogP contribution >= 0.6 is 0 Å². The maximum absolute atomic E-state index is 5.52. The molecule has 0 unspecified atom stereocenters. The lowest BCUT2D eigenvalue weighted by molar-refractivity contribution is -0.0824. The molecule has 102 valence electrons. The van der Waals surface area contributed by atoms with Crippen LogP contribution in [0.25, 0.3) is 0 Å². The summed E-state index contributed by atoms with van der Waals surface area (Å²) in [6, 6.07) is 1.08. The lowest BCUT2D eigenvalue weighted by atomic mass is 10.2. The second kappa shape index (κ2) is 13.9. The quantitative estimate of drug-likeness (QED) is 0.233. The minimum absolute atomic E-state index is 0.0801. The van der Waals surface area contributed by atoms with E-state index in [9.17, 15) is 0 Å². The van der Waals surface area contributed by atoms with Gasteiger partial charge in [0.25, 0.3) is 0 Å². The van der Waals surface area contributed by atoms with Crippen molar-refractivity contribution in [1.82, 2.24) is 0 Å². The maximum Gasteiger partial charge on any atom is 0.135 e. The molecule has 0 aliphatic carbocycles. The highest BCUT2D eigenvalue weighted by molar-refractivity contribution is 6.40. The van der Waals surface area contributed by atoms with Crippen molar-refractivity contribution < 1.29 is 9.47 Å². The summed E-state index contributed by atoms with van der Waals surface area (Å²) >= 11 is 0. The van der Waals surface area contributed by atoms with Gasteiger partial charge < -0.3 is 9.47 Å². The third-order valence-corrected chi connectivity index (χ3v) is 4.04. The van der Waals surface area contributed by atoms with Crippen LogP contribution in [0.5, 0.6) is 0 Å². The van der Waals surface area contributed by atoms with Crippen molar-refractivity contribution >= 4 is 15.7 Å². The Hall–Kier alpha value is -0.193. The van der Waals surface area contributed by atoms with Gasteiger partial charge in [-0.3, -0.25) is 4.99 Å². The molecule has 3 nitrogen and oxygen atoms in total. The van der Waals surface area contributed by atoms with Crippen molar-refractivity contribution in [1.29, 1.82) is 0 Å². The molecule has 0 heterocycles. The van der Waals surface area contributed by atoms with Crippen LogP contribution in [0, 0.1) is 0 Å².